The van der Waals surface area contributed by atoms with Crippen molar-refractivity contribution in [3.05, 3.63) is 72.8 Å². The highest BCUT2D eigenvalue weighted by Crippen LogP contribution is 2.35. The third-order valence-corrected chi connectivity index (χ3v) is 7.93. The van der Waals surface area contributed by atoms with Crippen LogP contribution in [0.3, 0.4) is 0 Å². The van der Waals surface area contributed by atoms with Crippen molar-refractivity contribution in [2.45, 2.75) is 82.7 Å². The Morgan fingerprint density at radius 2 is 1.80 bits per heavy atom. The van der Waals surface area contributed by atoms with Crippen LogP contribution in [-0.2, 0) is 22.5 Å². The number of hydrogen-bond acceptors (Lipinski definition) is 4. The molecule has 6 heteroatoms. The summed E-state index contributed by atoms with van der Waals surface area (Å²) in [4.78, 5) is 15.2. The molecule has 0 unspecified atom stereocenters. The van der Waals surface area contributed by atoms with Gasteiger partial charge in [-0.05, 0) is 77.5 Å². The number of hydrogen-bond donors (Lipinski definition) is 1. The van der Waals surface area contributed by atoms with E-state index in [1.807, 2.05) is 65.8 Å². The lowest BCUT2D eigenvalue weighted by Crippen LogP contribution is -2.67. The summed E-state index contributed by atoms with van der Waals surface area (Å²) in [6.45, 7) is 16.2. The summed E-state index contributed by atoms with van der Waals surface area (Å²) in [5.74, 6) is 0. The van der Waals surface area contributed by atoms with Gasteiger partial charge >= 0.3 is 6.09 Å². The molecule has 1 aliphatic rings. The van der Waals surface area contributed by atoms with Gasteiger partial charge in [0, 0.05) is 17.9 Å². The molecule has 5 nitrogen and oxygen atoms in total. The van der Waals surface area contributed by atoms with Gasteiger partial charge in [-0.3, -0.25) is 0 Å². The molecule has 0 aromatic heterocycles. The van der Waals surface area contributed by atoms with E-state index < -0.39 is 27.2 Å². The first-order valence-electron chi connectivity index (χ1n) is 12.3. The molecule has 35 heavy (non-hydrogen) atoms. The lowest BCUT2D eigenvalue weighted by atomic mass is 9.79. The Morgan fingerprint density at radius 1 is 1.14 bits per heavy atom. The molecule has 0 aliphatic carbocycles. The summed E-state index contributed by atoms with van der Waals surface area (Å²) >= 11 is -1.33. The minimum Gasteiger partial charge on any atom is -0.598 e. The standard InChI is InChI=1S/C29H40N2O3S/c1-8-29(30-35(33)28(5,6)7)18-13-19-31(26(32)34-27(2,3)4)25(29)21-22-14-12-17-24(20-22)23-15-10-9-11-16-23/h8-12,14-17,20,25,30H,1,13,18-19,21H2,2-7H3/t25-,29-,35+/m0/s1. The maximum absolute atomic E-state index is 13.4. The SMILES string of the molecule is C=C[C@]1(N[S@+]([O-])C(C)(C)C)CCCN(C(=O)OC(C)(C)C)[C@H]1Cc1cccc(-c2ccccc2)c1. The van der Waals surface area contributed by atoms with Gasteiger partial charge in [0.15, 0.2) is 0 Å². The van der Waals surface area contributed by atoms with Crippen molar-refractivity contribution >= 4 is 17.5 Å². The fourth-order valence-electron chi connectivity index (χ4n) is 4.43. The van der Waals surface area contributed by atoms with Crippen molar-refractivity contribution in [2.75, 3.05) is 6.54 Å². The molecule has 0 spiro atoms. The minimum atomic E-state index is -1.33. The van der Waals surface area contributed by atoms with Gasteiger partial charge in [0.1, 0.15) is 15.9 Å². The Hall–Kier alpha value is -2.28. The molecule has 190 valence electrons. The van der Waals surface area contributed by atoms with E-state index in [1.54, 1.807) is 4.90 Å². The molecular weight excluding hydrogens is 456 g/mol. The lowest BCUT2D eigenvalue weighted by Gasteiger charge is -2.49. The van der Waals surface area contributed by atoms with Crippen LogP contribution < -0.4 is 4.72 Å². The third-order valence-electron chi connectivity index (χ3n) is 6.25. The number of ether oxygens (including phenoxy) is 1. The van der Waals surface area contributed by atoms with Gasteiger partial charge < -0.3 is 14.2 Å². The average molecular weight is 497 g/mol. The van der Waals surface area contributed by atoms with Gasteiger partial charge in [0.2, 0.25) is 0 Å². The summed E-state index contributed by atoms with van der Waals surface area (Å²) in [6.07, 6.45) is 3.58. The van der Waals surface area contributed by atoms with Crippen molar-refractivity contribution in [3.63, 3.8) is 0 Å². The van der Waals surface area contributed by atoms with Crippen LogP contribution in [0.25, 0.3) is 11.1 Å². The summed E-state index contributed by atoms with van der Waals surface area (Å²) in [5, 5.41) is 0. The van der Waals surface area contributed by atoms with Gasteiger partial charge in [-0.2, -0.15) is 0 Å². The predicted molar refractivity (Wildman–Crippen MR) is 146 cm³/mol. The Morgan fingerprint density at radius 3 is 2.40 bits per heavy atom. The number of carbonyl (C=O) groups excluding carboxylic acids is 1. The van der Waals surface area contributed by atoms with Crippen molar-refractivity contribution in [2.24, 2.45) is 0 Å². The summed E-state index contributed by atoms with van der Waals surface area (Å²) in [5.41, 5.74) is 2.05. The van der Waals surface area contributed by atoms with Gasteiger partial charge in [-0.15, -0.1) is 11.3 Å². The number of nitrogens with zero attached hydrogens (tertiary/aromatic N) is 1. The largest absolute Gasteiger partial charge is 0.598 e. The molecule has 1 N–H and O–H groups in total. The second kappa shape index (κ2) is 10.8. The van der Waals surface area contributed by atoms with E-state index in [9.17, 15) is 9.35 Å². The average Bonchev–Trinajstić information content (AvgIpc) is 2.79. The first-order chi connectivity index (χ1) is 16.3. The van der Waals surface area contributed by atoms with Crippen molar-refractivity contribution in [1.29, 1.82) is 0 Å². The van der Waals surface area contributed by atoms with Gasteiger partial charge in [0.05, 0.1) is 6.04 Å². The summed E-state index contributed by atoms with van der Waals surface area (Å²) < 4.78 is 22.0. The van der Waals surface area contributed by atoms with Crippen molar-refractivity contribution in [3.8, 4) is 11.1 Å². The monoisotopic (exact) mass is 496 g/mol. The zero-order valence-corrected chi connectivity index (χ0v) is 22.8. The molecule has 3 rings (SSSR count). The Labute approximate surface area is 214 Å². The van der Waals surface area contributed by atoms with Crippen molar-refractivity contribution < 1.29 is 14.1 Å². The zero-order valence-electron chi connectivity index (χ0n) is 22.0. The molecule has 3 atom stereocenters. The number of amides is 1. The van der Waals surface area contributed by atoms with E-state index in [4.69, 9.17) is 4.74 Å². The number of likely N-dealkylation sites (tertiary alicyclic amines) is 1. The Balaban J connectivity index is 2.01. The molecule has 2 aromatic rings. The normalized spacial score (nSPS) is 21.9. The van der Waals surface area contributed by atoms with Crippen molar-refractivity contribution in [1.82, 2.24) is 9.62 Å². The minimum absolute atomic E-state index is 0.305. The van der Waals surface area contributed by atoms with E-state index in [2.05, 4.69) is 47.7 Å². The van der Waals surface area contributed by atoms with E-state index in [0.29, 0.717) is 13.0 Å². The van der Waals surface area contributed by atoms with Crippen LogP contribution in [0, 0.1) is 0 Å². The number of carbonyl (C=O) groups is 1. The maximum Gasteiger partial charge on any atom is 0.410 e. The molecule has 0 saturated carbocycles. The number of piperidine rings is 1. The molecule has 1 heterocycles. The Kier molecular flexibility index (Phi) is 8.40. The van der Waals surface area contributed by atoms with E-state index in [1.165, 1.54) is 0 Å². The van der Waals surface area contributed by atoms with Crippen LogP contribution >= 0.6 is 0 Å². The number of benzene rings is 2. The van der Waals surface area contributed by atoms with Crippen LogP contribution in [0.1, 0.15) is 59.9 Å². The van der Waals surface area contributed by atoms with Gasteiger partial charge in [0.25, 0.3) is 0 Å². The van der Waals surface area contributed by atoms with Crippen LogP contribution in [-0.4, -0.2) is 44.0 Å². The first kappa shape index (κ1) is 27.3. The molecule has 1 saturated heterocycles. The number of nitrogens with one attached hydrogen (secondary N) is 1. The quantitative estimate of drug-likeness (QED) is 0.378. The fourth-order valence-corrected chi connectivity index (χ4v) is 5.40. The highest BCUT2D eigenvalue weighted by atomic mass is 32.2. The van der Waals surface area contributed by atoms with Crippen LogP contribution in [0.15, 0.2) is 67.3 Å². The second-order valence-corrected chi connectivity index (χ2v) is 13.3. The van der Waals surface area contributed by atoms with E-state index in [0.717, 1.165) is 29.5 Å². The van der Waals surface area contributed by atoms with Crippen LogP contribution in [0.2, 0.25) is 0 Å². The lowest BCUT2D eigenvalue weighted by molar-refractivity contribution is -0.00126. The molecule has 1 amide bonds. The van der Waals surface area contributed by atoms with Gasteiger partial charge in [-0.1, -0.05) is 60.7 Å². The Bertz CT molecular complexity index is 1010. The highest BCUT2D eigenvalue weighted by Gasteiger charge is 2.49. The molecule has 2 aromatic carbocycles. The molecular formula is C29H40N2O3S. The predicted octanol–water partition coefficient (Wildman–Crippen LogP) is 6.27. The first-order valence-corrected chi connectivity index (χ1v) is 13.5. The topological polar surface area (TPSA) is 64.6 Å². The highest BCUT2D eigenvalue weighted by molar-refractivity contribution is 7.90. The smallest absolute Gasteiger partial charge is 0.410 e. The molecule has 1 fully saturated rings. The maximum atomic E-state index is 13.4. The van der Waals surface area contributed by atoms with Crippen LogP contribution in [0.4, 0.5) is 4.79 Å². The second-order valence-electron chi connectivity index (χ2n) is 11.3. The summed E-state index contributed by atoms with van der Waals surface area (Å²) in [7, 11) is 0. The summed E-state index contributed by atoms with van der Waals surface area (Å²) in [6, 6.07) is 18.4. The van der Waals surface area contributed by atoms with E-state index >= 15 is 0 Å². The van der Waals surface area contributed by atoms with Crippen LogP contribution in [0.5, 0.6) is 0 Å². The molecule has 0 bridgehead atoms. The number of rotatable bonds is 6. The zero-order chi connectivity index (χ0) is 25.9. The molecule has 0 radical (unpaired) electrons. The van der Waals surface area contributed by atoms with Gasteiger partial charge in [-0.25, -0.2) is 4.79 Å². The van der Waals surface area contributed by atoms with E-state index in [-0.39, 0.29) is 12.1 Å². The third kappa shape index (κ3) is 6.90. The molecule has 1 aliphatic heterocycles. The fraction of sp³-hybridized carbons (Fsp3) is 0.483.